The molecule has 2 saturated heterocycles. The molecule has 7 nitrogen and oxygen atoms in total. The number of likely N-dealkylation sites (tertiary alicyclic amines) is 1. The fraction of sp³-hybridized carbons (Fsp3) is 0.900. The molecule has 1 saturated carbocycles. The van der Waals surface area contributed by atoms with Crippen molar-refractivity contribution < 1.29 is 9.53 Å². The maximum Gasteiger partial charge on any atom is 0.244 e. The molecule has 0 aromatic rings. The van der Waals surface area contributed by atoms with E-state index in [9.17, 15) is 4.79 Å². The summed E-state index contributed by atoms with van der Waals surface area (Å²) in [6.07, 6.45) is 8.62. The van der Waals surface area contributed by atoms with Gasteiger partial charge in [-0.25, -0.2) is 4.99 Å². The van der Waals surface area contributed by atoms with Crippen molar-refractivity contribution in [2.75, 3.05) is 59.0 Å². The van der Waals surface area contributed by atoms with Gasteiger partial charge in [-0.3, -0.25) is 9.69 Å². The fourth-order valence-electron chi connectivity index (χ4n) is 4.66. The average molecular weight is 507 g/mol. The van der Waals surface area contributed by atoms with E-state index in [4.69, 9.17) is 4.74 Å². The smallest absolute Gasteiger partial charge is 0.244 e. The zero-order valence-electron chi connectivity index (χ0n) is 17.4. The molecule has 0 spiro atoms. The molecule has 2 N–H and O–H groups in total. The number of hydrogen-bond acceptors (Lipinski definition) is 4. The Morgan fingerprint density at radius 1 is 1.00 bits per heavy atom. The van der Waals surface area contributed by atoms with Crippen LogP contribution in [-0.2, 0) is 9.53 Å². The normalized spacial score (nSPS) is 23.2. The van der Waals surface area contributed by atoms with Crippen LogP contribution in [0.1, 0.15) is 51.9 Å². The summed E-state index contributed by atoms with van der Waals surface area (Å²) >= 11 is 0. The number of amides is 1. The molecule has 3 fully saturated rings. The van der Waals surface area contributed by atoms with E-state index in [1.54, 1.807) is 0 Å². The van der Waals surface area contributed by atoms with Crippen LogP contribution >= 0.6 is 24.0 Å². The van der Waals surface area contributed by atoms with E-state index in [0.717, 1.165) is 71.3 Å². The molecule has 0 bridgehead atoms. The monoisotopic (exact) mass is 507 g/mol. The molecule has 0 radical (unpaired) electrons. The SMILES string of the molecule is CCNC(=NCC(=O)N1CCCC1)NCC1(N2CCOCC2)CCCCC1.I. The van der Waals surface area contributed by atoms with E-state index >= 15 is 0 Å². The lowest BCUT2D eigenvalue weighted by Gasteiger charge is -2.48. The highest BCUT2D eigenvalue weighted by molar-refractivity contribution is 14.0. The number of hydrogen-bond donors (Lipinski definition) is 2. The van der Waals surface area contributed by atoms with E-state index in [-0.39, 0.29) is 42.0 Å². The molecule has 28 heavy (non-hydrogen) atoms. The van der Waals surface area contributed by atoms with Gasteiger partial charge >= 0.3 is 0 Å². The third-order valence-corrected chi connectivity index (χ3v) is 6.23. The number of guanidine groups is 1. The van der Waals surface area contributed by atoms with E-state index in [1.165, 1.54) is 32.1 Å². The second-order valence-corrected chi connectivity index (χ2v) is 8.02. The van der Waals surface area contributed by atoms with E-state index in [1.807, 2.05) is 4.90 Å². The lowest BCUT2D eigenvalue weighted by molar-refractivity contribution is -0.128. The van der Waals surface area contributed by atoms with Gasteiger partial charge in [0.2, 0.25) is 5.91 Å². The van der Waals surface area contributed by atoms with Crippen LogP contribution in [0.25, 0.3) is 0 Å². The zero-order valence-corrected chi connectivity index (χ0v) is 19.7. The van der Waals surface area contributed by atoms with Crippen LogP contribution in [0.15, 0.2) is 4.99 Å². The van der Waals surface area contributed by atoms with Crippen LogP contribution in [0.3, 0.4) is 0 Å². The standard InChI is InChI=1S/C20H37N5O2.HI/c1-2-21-19(22-16-18(26)24-10-6-7-11-24)23-17-20(8-4-3-5-9-20)25-12-14-27-15-13-25;/h2-17H2,1H3,(H2,21,22,23);1H. The number of morpholine rings is 1. The first-order valence-electron chi connectivity index (χ1n) is 10.9. The first-order chi connectivity index (χ1) is 13.2. The fourth-order valence-corrected chi connectivity index (χ4v) is 4.66. The lowest BCUT2D eigenvalue weighted by atomic mass is 9.80. The molecule has 0 aromatic carbocycles. The molecule has 0 unspecified atom stereocenters. The predicted molar refractivity (Wildman–Crippen MR) is 123 cm³/mol. The Kier molecular flexibility index (Phi) is 10.3. The van der Waals surface area contributed by atoms with Crippen molar-refractivity contribution in [3.63, 3.8) is 0 Å². The second kappa shape index (κ2) is 12.2. The van der Waals surface area contributed by atoms with Gasteiger partial charge in [0, 0.05) is 44.8 Å². The Morgan fingerprint density at radius 2 is 1.68 bits per heavy atom. The largest absolute Gasteiger partial charge is 0.379 e. The number of carbonyl (C=O) groups is 1. The Balaban J connectivity index is 0.00000280. The van der Waals surface area contributed by atoms with Crippen LogP contribution in [0.5, 0.6) is 0 Å². The molecule has 3 aliphatic rings. The van der Waals surface area contributed by atoms with Crippen LogP contribution in [0, 0.1) is 0 Å². The molecular weight excluding hydrogens is 469 g/mol. The van der Waals surface area contributed by atoms with Crippen molar-refractivity contribution in [3.05, 3.63) is 0 Å². The summed E-state index contributed by atoms with van der Waals surface area (Å²) in [5.74, 6) is 0.911. The molecule has 2 heterocycles. The van der Waals surface area contributed by atoms with Crippen molar-refractivity contribution in [1.29, 1.82) is 0 Å². The third-order valence-electron chi connectivity index (χ3n) is 6.23. The lowest BCUT2D eigenvalue weighted by Crippen LogP contribution is -2.60. The molecule has 8 heteroatoms. The highest BCUT2D eigenvalue weighted by atomic mass is 127. The Labute approximate surface area is 187 Å². The van der Waals surface area contributed by atoms with E-state index in [0.29, 0.717) is 0 Å². The topological polar surface area (TPSA) is 69.2 Å². The minimum Gasteiger partial charge on any atom is -0.379 e. The van der Waals surface area contributed by atoms with Gasteiger partial charge in [-0.05, 0) is 32.6 Å². The molecule has 3 rings (SSSR count). The van der Waals surface area contributed by atoms with Gasteiger partial charge < -0.3 is 20.3 Å². The summed E-state index contributed by atoms with van der Waals surface area (Å²) < 4.78 is 5.57. The summed E-state index contributed by atoms with van der Waals surface area (Å²) in [7, 11) is 0. The predicted octanol–water partition coefficient (Wildman–Crippen LogP) is 1.82. The number of ether oxygens (including phenoxy) is 1. The van der Waals surface area contributed by atoms with E-state index in [2.05, 4.69) is 27.4 Å². The molecule has 0 aromatic heterocycles. The van der Waals surface area contributed by atoms with Gasteiger partial charge in [0.05, 0.1) is 13.2 Å². The number of aliphatic imine (C=N–C) groups is 1. The van der Waals surface area contributed by atoms with Crippen LogP contribution < -0.4 is 10.6 Å². The number of carbonyl (C=O) groups excluding carboxylic acids is 1. The molecule has 2 aliphatic heterocycles. The summed E-state index contributed by atoms with van der Waals surface area (Å²) in [5, 5.41) is 6.87. The number of nitrogens with one attached hydrogen (secondary N) is 2. The maximum atomic E-state index is 12.3. The highest BCUT2D eigenvalue weighted by Crippen LogP contribution is 2.33. The van der Waals surface area contributed by atoms with Crippen LogP contribution in [-0.4, -0.2) is 86.2 Å². The van der Waals surface area contributed by atoms with Gasteiger partial charge in [-0.2, -0.15) is 0 Å². The molecule has 1 amide bonds. The Morgan fingerprint density at radius 3 is 2.32 bits per heavy atom. The maximum absolute atomic E-state index is 12.3. The molecular formula is C20H38IN5O2. The summed E-state index contributed by atoms with van der Waals surface area (Å²) in [5.41, 5.74) is 0.192. The van der Waals surface area contributed by atoms with Crippen LogP contribution in [0.2, 0.25) is 0 Å². The van der Waals surface area contributed by atoms with Gasteiger partial charge in [-0.1, -0.05) is 19.3 Å². The quantitative estimate of drug-likeness (QED) is 0.326. The Hall–Kier alpha value is -0.610. The summed E-state index contributed by atoms with van der Waals surface area (Å²) in [4.78, 5) is 21.5. The van der Waals surface area contributed by atoms with Crippen molar-refractivity contribution >= 4 is 35.8 Å². The first kappa shape index (κ1) is 23.7. The van der Waals surface area contributed by atoms with Gasteiger partial charge in [0.15, 0.2) is 5.96 Å². The Bertz CT molecular complexity index is 499. The van der Waals surface area contributed by atoms with Crippen molar-refractivity contribution in [2.45, 2.75) is 57.4 Å². The van der Waals surface area contributed by atoms with E-state index < -0.39 is 0 Å². The van der Waals surface area contributed by atoms with Crippen molar-refractivity contribution in [1.82, 2.24) is 20.4 Å². The van der Waals surface area contributed by atoms with Crippen molar-refractivity contribution in [2.24, 2.45) is 4.99 Å². The number of halogens is 1. The van der Waals surface area contributed by atoms with Gasteiger partial charge in [-0.15, -0.1) is 24.0 Å². The highest BCUT2D eigenvalue weighted by Gasteiger charge is 2.38. The van der Waals surface area contributed by atoms with Crippen molar-refractivity contribution in [3.8, 4) is 0 Å². The molecule has 0 atom stereocenters. The minimum atomic E-state index is 0. The molecule has 162 valence electrons. The summed E-state index contributed by atoms with van der Waals surface area (Å²) in [6, 6.07) is 0. The first-order valence-corrected chi connectivity index (χ1v) is 10.9. The second-order valence-electron chi connectivity index (χ2n) is 8.02. The van der Waals surface area contributed by atoms with Gasteiger partial charge in [0.1, 0.15) is 6.54 Å². The average Bonchev–Trinajstić information content (AvgIpc) is 3.26. The van der Waals surface area contributed by atoms with Gasteiger partial charge in [0.25, 0.3) is 0 Å². The number of rotatable bonds is 6. The minimum absolute atomic E-state index is 0. The zero-order chi connectivity index (χ0) is 19.0. The summed E-state index contributed by atoms with van der Waals surface area (Å²) in [6.45, 7) is 9.46. The third kappa shape index (κ3) is 6.45. The molecule has 1 aliphatic carbocycles. The van der Waals surface area contributed by atoms with Crippen LogP contribution in [0.4, 0.5) is 0 Å². The number of nitrogens with zero attached hydrogens (tertiary/aromatic N) is 3.